The zero-order valence-electron chi connectivity index (χ0n) is 32.9. The van der Waals surface area contributed by atoms with E-state index < -0.39 is 60.1 Å². The van der Waals surface area contributed by atoms with Gasteiger partial charge in [-0.05, 0) is 90.6 Å². The molecular weight excluding hydrogens is 907 g/mol. The zero-order valence-corrected chi connectivity index (χ0v) is 36.2. The van der Waals surface area contributed by atoms with E-state index in [0.717, 1.165) is 24.3 Å². The number of fused-ring (bicyclic) bond motifs is 2. The fraction of sp³-hybridized carbons (Fsp3) is 0.200. The van der Waals surface area contributed by atoms with Gasteiger partial charge < -0.3 is 14.6 Å². The summed E-state index contributed by atoms with van der Waals surface area (Å²) in [5.74, 6) is -0.0160. The molecule has 0 radical (unpaired) electrons. The first kappa shape index (κ1) is 46.9. The Bertz CT molecular complexity index is 3230. The predicted molar refractivity (Wildman–Crippen MR) is 227 cm³/mol. The second kappa shape index (κ2) is 18.6. The van der Waals surface area contributed by atoms with E-state index in [0.29, 0.717) is 68.6 Å². The monoisotopic (exact) mass is 945 g/mol. The first-order chi connectivity index (χ1) is 29.6. The van der Waals surface area contributed by atoms with Crippen molar-refractivity contribution in [1.82, 2.24) is 4.90 Å². The summed E-state index contributed by atoms with van der Waals surface area (Å²) in [6.45, 7) is 0.316. The van der Waals surface area contributed by atoms with Gasteiger partial charge in [0.25, 0.3) is 46.4 Å². The van der Waals surface area contributed by atoms with Gasteiger partial charge in [0.1, 0.15) is 11.3 Å². The summed E-state index contributed by atoms with van der Waals surface area (Å²) in [6.07, 6.45) is 0.269. The molecule has 1 aliphatic carbocycles. The second-order valence-electron chi connectivity index (χ2n) is 14.1. The highest BCUT2D eigenvalue weighted by Gasteiger charge is 2.25. The van der Waals surface area contributed by atoms with Crippen molar-refractivity contribution in [3.05, 3.63) is 119 Å². The van der Waals surface area contributed by atoms with Crippen LogP contribution >= 0.6 is 0 Å². The fourth-order valence-electron chi connectivity index (χ4n) is 6.87. The Kier molecular flexibility index (Phi) is 13.9. The van der Waals surface area contributed by atoms with Crippen molar-refractivity contribution in [2.24, 2.45) is 4.99 Å². The largest absolute Gasteiger partial charge is 0.456 e. The van der Waals surface area contributed by atoms with Gasteiger partial charge in [-0.15, -0.1) is 0 Å². The molecule has 2 aliphatic rings. The molecule has 4 aromatic carbocycles. The number of benzene rings is 5. The van der Waals surface area contributed by atoms with E-state index >= 15 is 0 Å². The van der Waals surface area contributed by atoms with Gasteiger partial charge in [-0.3, -0.25) is 33.3 Å². The molecule has 0 aromatic heterocycles. The molecule has 0 bridgehead atoms. The molecule has 1 heterocycles. The minimum absolute atomic E-state index is 0.0164. The van der Waals surface area contributed by atoms with Crippen molar-refractivity contribution < 1.29 is 71.2 Å². The molecule has 19 nitrogen and oxygen atoms in total. The molecule has 0 saturated heterocycles. The first-order valence-corrected chi connectivity index (χ1v) is 24.3. The molecule has 0 fully saturated rings. The van der Waals surface area contributed by atoms with E-state index in [4.69, 9.17) is 9.67 Å². The van der Waals surface area contributed by atoms with E-state index in [9.17, 15) is 56.7 Å². The molecule has 1 amide bonds. The van der Waals surface area contributed by atoms with Crippen molar-refractivity contribution in [3.8, 4) is 22.5 Å². The Balaban J connectivity index is 1.41. The Morgan fingerprint density at radius 3 is 1.94 bits per heavy atom. The maximum absolute atomic E-state index is 13.9. The van der Waals surface area contributed by atoms with Crippen LogP contribution in [0, 0.1) is 0 Å². The summed E-state index contributed by atoms with van der Waals surface area (Å²) in [5, 5.41) is 12.9. The molecule has 63 heavy (non-hydrogen) atoms. The predicted octanol–water partition coefficient (Wildman–Crippen LogP) is 4.94. The SMILES string of the molecule is CN(CCCOO)C(=O)c1ccccc1-c1c2ccc(=NCCc3ccc(S(=O)(=O)O)cc3S(=O)(=O)O)cc-2oc2cc(NCCc3ccc(S(=O)(=O)O)cc3S(=O)(=O)O)ccc12. The lowest BCUT2D eigenvalue weighted by atomic mass is 9.90. The summed E-state index contributed by atoms with van der Waals surface area (Å²) in [6, 6.07) is 22.7. The first-order valence-electron chi connectivity index (χ1n) is 18.6. The fourth-order valence-corrected chi connectivity index (χ4v) is 9.59. The van der Waals surface area contributed by atoms with Crippen LogP contribution in [-0.4, -0.2) is 101 Å². The summed E-state index contributed by atoms with van der Waals surface area (Å²) >= 11 is 0. The second-order valence-corrected chi connectivity index (χ2v) is 19.7. The highest BCUT2D eigenvalue weighted by atomic mass is 32.2. The highest BCUT2D eigenvalue weighted by Crippen LogP contribution is 2.42. The van der Waals surface area contributed by atoms with Crippen LogP contribution in [-0.2, 0) is 58.2 Å². The van der Waals surface area contributed by atoms with E-state index in [2.05, 4.69) is 15.2 Å². The average Bonchev–Trinajstić information content (AvgIpc) is 3.21. The number of carbonyl (C=O) groups excluding carboxylic acids is 1. The van der Waals surface area contributed by atoms with Crippen LogP contribution in [0.4, 0.5) is 5.69 Å². The maximum Gasteiger partial charge on any atom is 0.294 e. The third kappa shape index (κ3) is 11.1. The van der Waals surface area contributed by atoms with Gasteiger partial charge in [0, 0.05) is 66.6 Å². The number of carbonyl (C=O) groups is 1. The lowest BCUT2D eigenvalue weighted by Crippen LogP contribution is -2.28. The van der Waals surface area contributed by atoms with Crippen LogP contribution in [0.3, 0.4) is 0 Å². The Morgan fingerprint density at radius 2 is 1.33 bits per heavy atom. The van der Waals surface area contributed by atoms with Crippen LogP contribution in [0.5, 0.6) is 0 Å². The number of nitrogens with zero attached hydrogens (tertiary/aromatic N) is 2. The molecule has 1 aliphatic heterocycles. The number of hydrogen-bond donors (Lipinski definition) is 6. The number of hydrogen-bond acceptors (Lipinski definition) is 14. The molecular formula is C40H39N3O16S4. The van der Waals surface area contributed by atoms with Crippen molar-refractivity contribution >= 4 is 63.0 Å². The molecule has 0 unspecified atom stereocenters. The number of rotatable bonds is 17. The third-order valence-corrected chi connectivity index (χ3v) is 13.4. The van der Waals surface area contributed by atoms with Gasteiger partial charge in [-0.1, -0.05) is 30.3 Å². The Hall–Kier alpha value is -5.60. The van der Waals surface area contributed by atoms with Gasteiger partial charge in [0.2, 0.25) is 0 Å². The lowest BCUT2D eigenvalue weighted by molar-refractivity contribution is -0.242. The van der Waals surface area contributed by atoms with E-state index in [-0.39, 0.29) is 56.1 Å². The van der Waals surface area contributed by atoms with E-state index in [1.54, 1.807) is 67.7 Å². The van der Waals surface area contributed by atoms with Crippen molar-refractivity contribution in [3.63, 3.8) is 0 Å². The van der Waals surface area contributed by atoms with E-state index in [1.807, 2.05) is 0 Å². The van der Waals surface area contributed by atoms with Crippen LogP contribution in [0.2, 0.25) is 0 Å². The summed E-state index contributed by atoms with van der Waals surface area (Å²) in [5.41, 5.74) is 2.97. The number of nitrogens with one attached hydrogen (secondary N) is 1. The Morgan fingerprint density at radius 1 is 0.714 bits per heavy atom. The molecule has 334 valence electrons. The van der Waals surface area contributed by atoms with Gasteiger partial charge in [0.05, 0.1) is 31.5 Å². The van der Waals surface area contributed by atoms with Crippen LogP contribution < -0.4 is 10.7 Å². The van der Waals surface area contributed by atoms with Gasteiger partial charge in [-0.2, -0.15) is 33.7 Å². The summed E-state index contributed by atoms with van der Waals surface area (Å²) < 4.78 is 140. The number of amides is 1. The van der Waals surface area contributed by atoms with Gasteiger partial charge in [0.15, 0.2) is 0 Å². The minimum atomic E-state index is -4.89. The number of anilines is 1. The smallest absolute Gasteiger partial charge is 0.294 e. The molecule has 4 aromatic rings. The minimum Gasteiger partial charge on any atom is -0.456 e. The Labute approximate surface area is 361 Å². The molecule has 6 N–H and O–H groups in total. The quantitative estimate of drug-likeness (QED) is 0.0232. The molecule has 0 saturated carbocycles. The van der Waals surface area contributed by atoms with Crippen LogP contribution in [0.25, 0.3) is 33.4 Å². The molecule has 0 spiro atoms. The van der Waals surface area contributed by atoms with E-state index in [1.165, 1.54) is 4.90 Å². The standard InChI is InChI=1S/C40H39N3O16S4/c1-43(19-4-20-58-45)40(44)32-6-3-2-5-31(32)39-33-13-9-27(41-17-15-25-7-11-29(60(46,47)48)23-37(25)62(52,53)54)21-35(33)59-36-22-28(10-14-34(36)39)42-18-16-26-8-12-30(61(49,50)51)24-38(26)63(55,56)57/h2-3,5-14,21-24,41,45H,4,15-20H2,1H3,(H,46,47,48)(H,49,50,51)(H,52,53,54)(H,55,56,57). The molecule has 0 atom stereocenters. The topological polar surface area (TPSA) is 305 Å². The third-order valence-electron chi connectivity index (χ3n) is 9.84. The van der Waals surface area contributed by atoms with Gasteiger partial charge in [-0.25, -0.2) is 4.89 Å². The highest BCUT2D eigenvalue weighted by molar-refractivity contribution is 7.87. The molecule has 6 rings (SSSR count). The van der Waals surface area contributed by atoms with Crippen molar-refractivity contribution in [1.29, 1.82) is 0 Å². The zero-order chi connectivity index (χ0) is 45.9. The normalized spacial score (nSPS) is 12.8. The van der Waals surface area contributed by atoms with Crippen molar-refractivity contribution in [2.75, 3.05) is 38.6 Å². The summed E-state index contributed by atoms with van der Waals surface area (Å²) in [7, 11) is -17.7. The average molecular weight is 946 g/mol. The van der Waals surface area contributed by atoms with Crippen LogP contribution in [0.15, 0.2) is 126 Å². The van der Waals surface area contributed by atoms with Crippen LogP contribution in [0.1, 0.15) is 27.9 Å². The van der Waals surface area contributed by atoms with Gasteiger partial charge >= 0.3 is 0 Å². The van der Waals surface area contributed by atoms with Crippen molar-refractivity contribution in [2.45, 2.75) is 38.8 Å². The summed E-state index contributed by atoms with van der Waals surface area (Å²) in [4.78, 5) is 21.2. The maximum atomic E-state index is 13.9. The molecule has 23 heteroatoms. The lowest BCUT2D eigenvalue weighted by Gasteiger charge is -2.21.